The highest BCUT2D eigenvalue weighted by Gasteiger charge is 2.24. The summed E-state index contributed by atoms with van der Waals surface area (Å²) in [6.07, 6.45) is 0. The Morgan fingerprint density at radius 1 is 1.39 bits per heavy atom. The second-order valence-electron chi connectivity index (χ2n) is 5.39. The maximum atomic E-state index is 12.3. The maximum Gasteiger partial charge on any atom is 0.344 e. The van der Waals surface area contributed by atoms with Gasteiger partial charge in [0.1, 0.15) is 17.2 Å². The predicted molar refractivity (Wildman–Crippen MR) is 89.9 cm³/mol. The van der Waals surface area contributed by atoms with Crippen LogP contribution in [-0.2, 0) is 11.3 Å². The molecule has 0 radical (unpaired) electrons. The third-order valence-corrected chi connectivity index (χ3v) is 4.91. The van der Waals surface area contributed by atoms with Crippen LogP contribution in [-0.4, -0.2) is 16.1 Å². The Morgan fingerprint density at radius 3 is 2.91 bits per heavy atom. The third kappa shape index (κ3) is 3.35. The molecular weight excluding hydrogens is 332 g/mol. The lowest BCUT2D eigenvalue weighted by atomic mass is 10.1. The number of carbonyl (C=O) groups is 1. The van der Waals surface area contributed by atoms with E-state index in [0.717, 1.165) is 16.3 Å². The fraction of sp³-hybridized carbons (Fsp3) is 0.312. The zero-order valence-electron chi connectivity index (χ0n) is 13.0. The van der Waals surface area contributed by atoms with Crippen molar-refractivity contribution in [2.45, 2.75) is 33.3 Å². The standard InChI is InChI=1S/C16H16N2O3S2/c1-9(2)14-13(10(3)18-21-14)16(19)20-6-12-8-23-15(17-12)11-4-5-22-7-11/h4-5,7-9H,6H2,1-3H3. The van der Waals surface area contributed by atoms with Crippen LogP contribution in [0.2, 0.25) is 0 Å². The van der Waals surface area contributed by atoms with Crippen LogP contribution in [0.4, 0.5) is 0 Å². The molecule has 120 valence electrons. The van der Waals surface area contributed by atoms with Gasteiger partial charge in [0.15, 0.2) is 5.76 Å². The van der Waals surface area contributed by atoms with Gasteiger partial charge in [0, 0.05) is 22.2 Å². The molecular formula is C16H16N2O3S2. The molecule has 0 spiro atoms. The number of aryl methyl sites for hydroxylation is 1. The highest BCUT2D eigenvalue weighted by molar-refractivity contribution is 7.14. The normalized spacial score (nSPS) is 11.1. The summed E-state index contributed by atoms with van der Waals surface area (Å²) in [6, 6.07) is 2.02. The second-order valence-corrected chi connectivity index (χ2v) is 7.03. The summed E-state index contributed by atoms with van der Waals surface area (Å²) in [5.74, 6) is 0.213. The van der Waals surface area contributed by atoms with Crippen LogP contribution in [0.25, 0.3) is 10.6 Å². The molecule has 0 aliphatic heterocycles. The Balaban J connectivity index is 1.69. The van der Waals surface area contributed by atoms with E-state index in [2.05, 4.69) is 10.1 Å². The quantitative estimate of drug-likeness (QED) is 0.628. The van der Waals surface area contributed by atoms with E-state index in [1.807, 2.05) is 36.1 Å². The minimum Gasteiger partial charge on any atom is -0.455 e. The summed E-state index contributed by atoms with van der Waals surface area (Å²) in [5.41, 5.74) is 2.81. The molecule has 0 fully saturated rings. The van der Waals surface area contributed by atoms with Gasteiger partial charge in [0.25, 0.3) is 0 Å². The maximum absolute atomic E-state index is 12.3. The fourth-order valence-corrected chi connectivity index (χ4v) is 3.65. The first-order chi connectivity index (χ1) is 11.1. The highest BCUT2D eigenvalue weighted by atomic mass is 32.1. The predicted octanol–water partition coefficient (Wildman–Crippen LogP) is 4.65. The summed E-state index contributed by atoms with van der Waals surface area (Å²) in [7, 11) is 0. The summed E-state index contributed by atoms with van der Waals surface area (Å²) < 4.78 is 10.6. The molecule has 0 aromatic carbocycles. The molecule has 0 saturated carbocycles. The van der Waals surface area contributed by atoms with Crippen molar-refractivity contribution in [2.24, 2.45) is 0 Å². The number of rotatable bonds is 5. The van der Waals surface area contributed by atoms with Crippen LogP contribution in [0, 0.1) is 6.92 Å². The van der Waals surface area contributed by atoms with Crippen molar-refractivity contribution in [2.75, 3.05) is 0 Å². The fourth-order valence-electron chi connectivity index (χ4n) is 2.13. The first-order valence-corrected chi connectivity index (χ1v) is 8.98. The Kier molecular flexibility index (Phi) is 4.58. The molecule has 3 aromatic rings. The van der Waals surface area contributed by atoms with E-state index in [1.54, 1.807) is 29.6 Å². The summed E-state index contributed by atoms with van der Waals surface area (Å²) in [6.45, 7) is 5.78. The van der Waals surface area contributed by atoms with Crippen molar-refractivity contribution in [1.29, 1.82) is 0 Å². The molecule has 0 atom stereocenters. The molecule has 0 saturated heterocycles. The molecule has 0 aliphatic carbocycles. The van der Waals surface area contributed by atoms with Gasteiger partial charge in [-0.3, -0.25) is 0 Å². The van der Waals surface area contributed by atoms with Crippen molar-refractivity contribution >= 4 is 28.6 Å². The van der Waals surface area contributed by atoms with E-state index in [0.29, 0.717) is 17.0 Å². The Hall–Kier alpha value is -1.99. The molecule has 7 heteroatoms. The lowest BCUT2D eigenvalue weighted by Crippen LogP contribution is -2.09. The molecule has 3 heterocycles. The zero-order valence-corrected chi connectivity index (χ0v) is 14.7. The Bertz CT molecular complexity index is 803. The van der Waals surface area contributed by atoms with Crippen LogP contribution in [0.1, 0.15) is 47.3 Å². The van der Waals surface area contributed by atoms with Gasteiger partial charge in [-0.15, -0.1) is 11.3 Å². The van der Waals surface area contributed by atoms with E-state index in [4.69, 9.17) is 9.26 Å². The Labute approximate surface area is 141 Å². The van der Waals surface area contributed by atoms with E-state index in [-0.39, 0.29) is 12.5 Å². The smallest absolute Gasteiger partial charge is 0.344 e. The number of thiazole rings is 1. The molecule has 23 heavy (non-hydrogen) atoms. The lowest BCUT2D eigenvalue weighted by Gasteiger charge is -2.05. The minimum absolute atomic E-state index is 0.0724. The van der Waals surface area contributed by atoms with E-state index < -0.39 is 5.97 Å². The first kappa shape index (κ1) is 15.9. The van der Waals surface area contributed by atoms with Crippen molar-refractivity contribution in [3.63, 3.8) is 0 Å². The van der Waals surface area contributed by atoms with Crippen LogP contribution >= 0.6 is 22.7 Å². The lowest BCUT2D eigenvalue weighted by molar-refractivity contribution is 0.0464. The van der Waals surface area contributed by atoms with Crippen LogP contribution in [0.5, 0.6) is 0 Å². The van der Waals surface area contributed by atoms with Gasteiger partial charge in [0.05, 0.1) is 11.4 Å². The molecule has 0 amide bonds. The second kappa shape index (κ2) is 6.64. The van der Waals surface area contributed by atoms with E-state index >= 15 is 0 Å². The molecule has 0 bridgehead atoms. The highest BCUT2D eigenvalue weighted by Crippen LogP contribution is 2.27. The van der Waals surface area contributed by atoms with Gasteiger partial charge in [-0.1, -0.05) is 19.0 Å². The van der Waals surface area contributed by atoms with Gasteiger partial charge in [-0.2, -0.15) is 11.3 Å². The van der Waals surface area contributed by atoms with Gasteiger partial charge >= 0.3 is 5.97 Å². The van der Waals surface area contributed by atoms with Crippen molar-refractivity contribution in [3.8, 4) is 10.6 Å². The number of nitrogens with zero attached hydrogens (tertiary/aromatic N) is 2. The van der Waals surface area contributed by atoms with Crippen molar-refractivity contribution in [1.82, 2.24) is 10.1 Å². The van der Waals surface area contributed by atoms with Crippen LogP contribution < -0.4 is 0 Å². The number of hydrogen-bond donors (Lipinski definition) is 0. The number of aromatic nitrogens is 2. The summed E-state index contributed by atoms with van der Waals surface area (Å²) in [5, 5.41) is 10.8. The average Bonchev–Trinajstić information content (AvgIpc) is 3.24. The topological polar surface area (TPSA) is 65.2 Å². The number of esters is 1. The number of ether oxygens (including phenoxy) is 1. The van der Waals surface area contributed by atoms with Crippen molar-refractivity contribution < 1.29 is 14.1 Å². The minimum atomic E-state index is -0.419. The number of thiophene rings is 1. The van der Waals surface area contributed by atoms with Crippen LogP contribution in [0.15, 0.2) is 26.7 Å². The monoisotopic (exact) mass is 348 g/mol. The molecule has 0 aliphatic rings. The third-order valence-electron chi connectivity index (χ3n) is 3.29. The summed E-state index contributed by atoms with van der Waals surface area (Å²) in [4.78, 5) is 16.8. The Morgan fingerprint density at radius 2 is 2.22 bits per heavy atom. The van der Waals surface area contributed by atoms with Gasteiger partial charge in [-0.05, 0) is 18.4 Å². The van der Waals surface area contributed by atoms with E-state index in [9.17, 15) is 4.79 Å². The number of carbonyl (C=O) groups excluding carboxylic acids is 1. The van der Waals surface area contributed by atoms with E-state index in [1.165, 1.54) is 0 Å². The summed E-state index contributed by atoms with van der Waals surface area (Å²) >= 11 is 3.17. The van der Waals surface area contributed by atoms with Gasteiger partial charge < -0.3 is 9.26 Å². The molecule has 3 rings (SSSR count). The van der Waals surface area contributed by atoms with Crippen LogP contribution in [0.3, 0.4) is 0 Å². The molecule has 0 N–H and O–H groups in total. The average molecular weight is 348 g/mol. The number of hydrogen-bond acceptors (Lipinski definition) is 7. The van der Waals surface area contributed by atoms with Crippen molar-refractivity contribution in [3.05, 3.63) is 44.9 Å². The molecule has 0 unspecified atom stereocenters. The SMILES string of the molecule is Cc1noc(C(C)C)c1C(=O)OCc1csc(-c2ccsc2)n1. The molecule has 5 nitrogen and oxygen atoms in total. The first-order valence-electron chi connectivity index (χ1n) is 7.16. The largest absolute Gasteiger partial charge is 0.455 e. The van der Waals surface area contributed by atoms with Gasteiger partial charge in [0.2, 0.25) is 0 Å². The van der Waals surface area contributed by atoms with Gasteiger partial charge in [-0.25, -0.2) is 9.78 Å². The zero-order chi connectivity index (χ0) is 16.4. The molecule has 3 aromatic heterocycles.